The molecule has 2 N–H and O–H groups in total. The SMILES string of the molecule is CC1CC(C)CN(C(=O)c2ccc(NC(=O)Nc3ccccc3)cc2)C1. The fraction of sp³-hybridized carbons (Fsp3) is 0.333. The summed E-state index contributed by atoms with van der Waals surface area (Å²) in [5, 5.41) is 5.54. The number of hydrogen-bond acceptors (Lipinski definition) is 2. The summed E-state index contributed by atoms with van der Waals surface area (Å²) in [7, 11) is 0. The molecular formula is C21H25N3O2. The van der Waals surface area contributed by atoms with E-state index in [0.717, 1.165) is 18.8 Å². The van der Waals surface area contributed by atoms with Gasteiger partial charge in [-0.3, -0.25) is 4.79 Å². The molecule has 1 aliphatic heterocycles. The Bertz CT molecular complexity index is 749. The number of amides is 3. The molecule has 0 saturated carbocycles. The van der Waals surface area contributed by atoms with Gasteiger partial charge in [-0.1, -0.05) is 32.0 Å². The number of likely N-dealkylation sites (tertiary alicyclic amines) is 1. The van der Waals surface area contributed by atoms with Crippen molar-refractivity contribution in [1.82, 2.24) is 4.90 Å². The maximum atomic E-state index is 12.7. The zero-order chi connectivity index (χ0) is 18.5. The molecule has 0 aliphatic carbocycles. The van der Waals surface area contributed by atoms with Gasteiger partial charge in [0.05, 0.1) is 0 Å². The van der Waals surface area contributed by atoms with Crippen LogP contribution in [0.5, 0.6) is 0 Å². The molecule has 1 fully saturated rings. The Morgan fingerprint density at radius 2 is 1.38 bits per heavy atom. The van der Waals surface area contributed by atoms with Gasteiger partial charge in [0.15, 0.2) is 0 Å². The van der Waals surface area contributed by atoms with E-state index in [1.165, 1.54) is 6.42 Å². The van der Waals surface area contributed by atoms with Crippen molar-refractivity contribution < 1.29 is 9.59 Å². The average Bonchev–Trinajstić information content (AvgIpc) is 2.61. The van der Waals surface area contributed by atoms with Crippen molar-refractivity contribution in [3.63, 3.8) is 0 Å². The highest BCUT2D eigenvalue weighted by Gasteiger charge is 2.26. The maximum Gasteiger partial charge on any atom is 0.323 e. The summed E-state index contributed by atoms with van der Waals surface area (Å²) in [6.45, 7) is 5.99. The van der Waals surface area contributed by atoms with Crippen LogP contribution in [0.25, 0.3) is 0 Å². The first-order valence-electron chi connectivity index (χ1n) is 9.03. The van der Waals surface area contributed by atoms with E-state index in [4.69, 9.17) is 0 Å². The van der Waals surface area contributed by atoms with E-state index < -0.39 is 0 Å². The molecule has 5 nitrogen and oxygen atoms in total. The molecule has 1 heterocycles. The average molecular weight is 351 g/mol. The van der Waals surface area contributed by atoms with Crippen molar-refractivity contribution in [1.29, 1.82) is 0 Å². The molecule has 3 amide bonds. The first-order chi connectivity index (χ1) is 12.5. The lowest BCUT2D eigenvalue weighted by Gasteiger charge is -2.35. The van der Waals surface area contributed by atoms with Crippen LogP contribution in [0.3, 0.4) is 0 Å². The minimum absolute atomic E-state index is 0.0590. The van der Waals surface area contributed by atoms with Crippen molar-refractivity contribution >= 4 is 23.3 Å². The third kappa shape index (κ3) is 4.63. The smallest absolute Gasteiger partial charge is 0.323 e. The van der Waals surface area contributed by atoms with Gasteiger partial charge >= 0.3 is 6.03 Å². The van der Waals surface area contributed by atoms with Gasteiger partial charge in [0.2, 0.25) is 0 Å². The van der Waals surface area contributed by atoms with Gasteiger partial charge in [0.25, 0.3) is 5.91 Å². The van der Waals surface area contributed by atoms with Gasteiger partial charge < -0.3 is 15.5 Å². The molecule has 2 atom stereocenters. The fourth-order valence-corrected chi connectivity index (χ4v) is 3.52. The van der Waals surface area contributed by atoms with E-state index in [0.29, 0.717) is 23.1 Å². The van der Waals surface area contributed by atoms with Crippen molar-refractivity contribution in [2.24, 2.45) is 11.8 Å². The molecular weight excluding hydrogens is 326 g/mol. The number of nitrogens with one attached hydrogen (secondary N) is 2. The Morgan fingerprint density at radius 1 is 0.846 bits per heavy atom. The topological polar surface area (TPSA) is 61.4 Å². The third-order valence-electron chi connectivity index (χ3n) is 4.58. The largest absolute Gasteiger partial charge is 0.338 e. The summed E-state index contributed by atoms with van der Waals surface area (Å²) in [5.74, 6) is 1.12. The lowest BCUT2D eigenvalue weighted by atomic mass is 9.91. The first kappa shape index (κ1) is 18.0. The number of hydrogen-bond donors (Lipinski definition) is 2. The van der Waals surface area contributed by atoms with Gasteiger partial charge in [0, 0.05) is 30.0 Å². The molecule has 3 rings (SSSR count). The Kier molecular flexibility index (Phi) is 5.56. The quantitative estimate of drug-likeness (QED) is 0.858. The number of rotatable bonds is 3. The Morgan fingerprint density at radius 3 is 1.96 bits per heavy atom. The molecule has 0 bridgehead atoms. The van der Waals surface area contributed by atoms with Crippen LogP contribution in [0.4, 0.5) is 16.2 Å². The summed E-state index contributed by atoms with van der Waals surface area (Å²) in [6.07, 6.45) is 1.17. The Labute approximate surface area is 154 Å². The molecule has 0 spiro atoms. The number of anilines is 2. The number of urea groups is 1. The van der Waals surface area contributed by atoms with Crippen LogP contribution in [0, 0.1) is 11.8 Å². The number of benzene rings is 2. The van der Waals surface area contributed by atoms with Crippen molar-refractivity contribution in [2.75, 3.05) is 23.7 Å². The van der Waals surface area contributed by atoms with E-state index in [1.807, 2.05) is 35.2 Å². The van der Waals surface area contributed by atoms with Gasteiger partial charge in [0.1, 0.15) is 0 Å². The highest BCUT2D eigenvalue weighted by Crippen LogP contribution is 2.23. The van der Waals surface area contributed by atoms with Gasteiger partial charge in [-0.15, -0.1) is 0 Å². The highest BCUT2D eigenvalue weighted by atomic mass is 16.2. The molecule has 2 aromatic carbocycles. The number of para-hydroxylation sites is 1. The first-order valence-corrected chi connectivity index (χ1v) is 9.03. The lowest BCUT2D eigenvalue weighted by Crippen LogP contribution is -2.42. The monoisotopic (exact) mass is 351 g/mol. The second-order valence-corrected chi connectivity index (χ2v) is 7.18. The van der Waals surface area contributed by atoms with Crippen LogP contribution in [-0.2, 0) is 0 Å². The van der Waals surface area contributed by atoms with Crippen molar-refractivity contribution in [2.45, 2.75) is 20.3 Å². The normalized spacial score (nSPS) is 19.7. The Hall–Kier alpha value is -2.82. The lowest BCUT2D eigenvalue weighted by molar-refractivity contribution is 0.0623. The van der Waals surface area contributed by atoms with Crippen LogP contribution < -0.4 is 10.6 Å². The number of carbonyl (C=O) groups is 2. The molecule has 0 radical (unpaired) electrons. The zero-order valence-corrected chi connectivity index (χ0v) is 15.2. The molecule has 0 aromatic heterocycles. The van der Waals surface area contributed by atoms with Crippen LogP contribution >= 0.6 is 0 Å². The molecule has 136 valence electrons. The maximum absolute atomic E-state index is 12.7. The van der Waals surface area contributed by atoms with Crippen molar-refractivity contribution in [3.8, 4) is 0 Å². The predicted octanol–water partition coefficient (Wildman–Crippen LogP) is 4.45. The fourth-order valence-electron chi connectivity index (χ4n) is 3.52. The molecule has 1 saturated heterocycles. The summed E-state index contributed by atoms with van der Waals surface area (Å²) >= 11 is 0. The minimum Gasteiger partial charge on any atom is -0.338 e. The van der Waals surface area contributed by atoms with E-state index in [1.54, 1.807) is 24.3 Å². The van der Waals surface area contributed by atoms with E-state index in [9.17, 15) is 9.59 Å². The molecule has 26 heavy (non-hydrogen) atoms. The van der Waals surface area contributed by atoms with E-state index in [-0.39, 0.29) is 11.9 Å². The summed E-state index contributed by atoms with van der Waals surface area (Å²) in [5.41, 5.74) is 2.03. The Balaban J connectivity index is 1.59. The van der Waals surface area contributed by atoms with Crippen LogP contribution in [0.1, 0.15) is 30.6 Å². The van der Waals surface area contributed by atoms with Crippen LogP contribution in [-0.4, -0.2) is 29.9 Å². The van der Waals surface area contributed by atoms with Crippen molar-refractivity contribution in [3.05, 3.63) is 60.2 Å². The molecule has 2 aromatic rings. The summed E-state index contributed by atoms with van der Waals surface area (Å²) < 4.78 is 0. The second-order valence-electron chi connectivity index (χ2n) is 7.18. The standard InChI is InChI=1S/C21H25N3O2/c1-15-12-16(2)14-24(13-15)20(25)17-8-10-19(11-9-17)23-21(26)22-18-6-4-3-5-7-18/h3-11,15-16H,12-14H2,1-2H3,(H2,22,23,26). The van der Waals surface area contributed by atoms with E-state index in [2.05, 4.69) is 24.5 Å². The van der Waals surface area contributed by atoms with Gasteiger partial charge in [-0.2, -0.15) is 0 Å². The number of piperidine rings is 1. The summed E-state index contributed by atoms with van der Waals surface area (Å²) in [4.78, 5) is 26.6. The number of nitrogens with zero attached hydrogens (tertiary/aromatic N) is 1. The van der Waals surface area contributed by atoms with Crippen LogP contribution in [0.15, 0.2) is 54.6 Å². The highest BCUT2D eigenvalue weighted by molar-refractivity contribution is 6.00. The van der Waals surface area contributed by atoms with Gasteiger partial charge in [-0.25, -0.2) is 4.79 Å². The predicted molar refractivity (Wildman–Crippen MR) is 104 cm³/mol. The molecule has 2 unspecified atom stereocenters. The zero-order valence-electron chi connectivity index (χ0n) is 15.2. The van der Waals surface area contributed by atoms with E-state index >= 15 is 0 Å². The second kappa shape index (κ2) is 8.04. The van der Waals surface area contributed by atoms with Crippen LogP contribution in [0.2, 0.25) is 0 Å². The third-order valence-corrected chi connectivity index (χ3v) is 4.58. The molecule has 1 aliphatic rings. The minimum atomic E-state index is -0.311. The van der Waals surface area contributed by atoms with Gasteiger partial charge in [-0.05, 0) is 54.7 Å². The number of carbonyl (C=O) groups excluding carboxylic acids is 2. The summed E-state index contributed by atoms with van der Waals surface area (Å²) in [6, 6.07) is 16.0. The molecule has 5 heteroatoms.